The van der Waals surface area contributed by atoms with Crippen LogP contribution in [0.1, 0.15) is 18.4 Å². The van der Waals surface area contributed by atoms with Gasteiger partial charge >= 0.3 is 0 Å². The molecular weight excluding hydrogens is 298 g/mol. The van der Waals surface area contributed by atoms with Crippen LogP contribution in [0.4, 0.5) is 8.78 Å². The predicted molar refractivity (Wildman–Crippen MR) is 89.6 cm³/mol. The van der Waals surface area contributed by atoms with Crippen molar-refractivity contribution < 1.29 is 8.78 Å². The SMILES string of the molecule is CN=C(NCCc1cc(F)ccc1F)NCC1CCCN(C)C1. The molecule has 0 aliphatic carbocycles. The van der Waals surface area contributed by atoms with E-state index in [2.05, 4.69) is 27.6 Å². The van der Waals surface area contributed by atoms with Crippen molar-refractivity contribution in [3.8, 4) is 0 Å². The van der Waals surface area contributed by atoms with Gasteiger partial charge in [0.1, 0.15) is 11.6 Å². The quantitative estimate of drug-likeness (QED) is 0.643. The molecule has 0 saturated carbocycles. The van der Waals surface area contributed by atoms with Crippen LogP contribution in [0, 0.1) is 17.6 Å². The lowest BCUT2D eigenvalue weighted by Gasteiger charge is -2.30. The Morgan fingerprint density at radius 3 is 2.91 bits per heavy atom. The first-order valence-electron chi connectivity index (χ1n) is 8.15. The van der Waals surface area contributed by atoms with E-state index in [-0.39, 0.29) is 5.82 Å². The Morgan fingerprint density at radius 2 is 2.17 bits per heavy atom. The maximum atomic E-state index is 13.6. The number of aliphatic imine (C=N–C) groups is 1. The third-order valence-electron chi connectivity index (χ3n) is 4.20. The third kappa shape index (κ3) is 5.78. The summed E-state index contributed by atoms with van der Waals surface area (Å²) in [4.78, 5) is 6.52. The van der Waals surface area contributed by atoms with E-state index in [0.717, 1.165) is 25.2 Å². The van der Waals surface area contributed by atoms with E-state index in [9.17, 15) is 8.78 Å². The molecule has 1 aromatic carbocycles. The lowest BCUT2D eigenvalue weighted by Crippen LogP contribution is -2.44. The number of hydrogen-bond acceptors (Lipinski definition) is 2. The summed E-state index contributed by atoms with van der Waals surface area (Å²) in [5, 5.41) is 6.47. The second kappa shape index (κ2) is 8.82. The molecule has 6 heteroatoms. The first-order valence-corrected chi connectivity index (χ1v) is 8.15. The van der Waals surface area contributed by atoms with Crippen LogP contribution in [0.2, 0.25) is 0 Å². The minimum Gasteiger partial charge on any atom is -0.356 e. The van der Waals surface area contributed by atoms with Gasteiger partial charge in [0.25, 0.3) is 0 Å². The van der Waals surface area contributed by atoms with Crippen molar-refractivity contribution in [1.29, 1.82) is 0 Å². The highest BCUT2D eigenvalue weighted by Crippen LogP contribution is 2.13. The molecule has 1 aliphatic heterocycles. The van der Waals surface area contributed by atoms with Gasteiger partial charge in [0, 0.05) is 26.7 Å². The zero-order valence-corrected chi connectivity index (χ0v) is 13.9. The Kier molecular flexibility index (Phi) is 6.77. The highest BCUT2D eigenvalue weighted by Gasteiger charge is 2.17. The Bertz CT molecular complexity index is 533. The van der Waals surface area contributed by atoms with Gasteiger partial charge in [-0.1, -0.05) is 0 Å². The number of nitrogens with zero attached hydrogens (tertiary/aromatic N) is 2. The van der Waals surface area contributed by atoms with Gasteiger partial charge in [0.05, 0.1) is 0 Å². The molecule has 0 spiro atoms. The molecule has 1 aliphatic rings. The van der Waals surface area contributed by atoms with Gasteiger partial charge in [-0.2, -0.15) is 0 Å². The lowest BCUT2D eigenvalue weighted by molar-refractivity contribution is 0.210. The van der Waals surface area contributed by atoms with E-state index in [1.54, 1.807) is 7.05 Å². The molecule has 23 heavy (non-hydrogen) atoms. The number of benzene rings is 1. The third-order valence-corrected chi connectivity index (χ3v) is 4.20. The van der Waals surface area contributed by atoms with Crippen molar-refractivity contribution in [3.63, 3.8) is 0 Å². The van der Waals surface area contributed by atoms with Gasteiger partial charge in [0.2, 0.25) is 0 Å². The molecule has 0 aromatic heterocycles. The molecule has 128 valence electrons. The minimum atomic E-state index is -0.412. The van der Waals surface area contributed by atoms with Crippen molar-refractivity contribution in [2.45, 2.75) is 19.3 Å². The molecule has 1 fully saturated rings. The molecule has 4 nitrogen and oxygen atoms in total. The van der Waals surface area contributed by atoms with Gasteiger partial charge in [-0.25, -0.2) is 8.78 Å². The van der Waals surface area contributed by atoms with Crippen LogP contribution in [-0.2, 0) is 6.42 Å². The molecule has 1 unspecified atom stereocenters. The summed E-state index contributed by atoms with van der Waals surface area (Å²) in [6, 6.07) is 3.54. The molecule has 1 saturated heterocycles. The minimum absolute atomic E-state index is 0.374. The Hall–Kier alpha value is -1.69. The molecule has 0 amide bonds. The topological polar surface area (TPSA) is 39.7 Å². The lowest BCUT2D eigenvalue weighted by atomic mass is 9.99. The van der Waals surface area contributed by atoms with Crippen molar-refractivity contribution in [3.05, 3.63) is 35.4 Å². The van der Waals surface area contributed by atoms with Crippen molar-refractivity contribution in [2.24, 2.45) is 10.9 Å². The van der Waals surface area contributed by atoms with E-state index < -0.39 is 5.82 Å². The highest BCUT2D eigenvalue weighted by atomic mass is 19.1. The molecule has 1 atom stereocenters. The molecular formula is C17H26F2N4. The smallest absolute Gasteiger partial charge is 0.190 e. The van der Waals surface area contributed by atoms with E-state index in [1.165, 1.54) is 25.5 Å². The average molecular weight is 324 g/mol. The summed E-state index contributed by atoms with van der Waals surface area (Å²) < 4.78 is 26.7. The molecule has 0 radical (unpaired) electrons. The summed E-state index contributed by atoms with van der Waals surface area (Å²) in [6.45, 7) is 3.64. The fraction of sp³-hybridized carbons (Fsp3) is 0.588. The van der Waals surface area contributed by atoms with Crippen LogP contribution in [0.15, 0.2) is 23.2 Å². The largest absolute Gasteiger partial charge is 0.356 e. The fourth-order valence-corrected chi connectivity index (χ4v) is 2.95. The Morgan fingerprint density at radius 1 is 1.35 bits per heavy atom. The number of guanidine groups is 1. The number of rotatable bonds is 5. The van der Waals surface area contributed by atoms with Crippen molar-refractivity contribution >= 4 is 5.96 Å². The second-order valence-electron chi connectivity index (χ2n) is 6.14. The second-order valence-corrected chi connectivity index (χ2v) is 6.14. The first-order chi connectivity index (χ1) is 11.1. The van der Waals surface area contributed by atoms with Crippen LogP contribution in [0.3, 0.4) is 0 Å². The fourth-order valence-electron chi connectivity index (χ4n) is 2.95. The standard InChI is InChI=1S/C17H26F2N4/c1-20-17(22-11-13-4-3-9-23(2)12-13)21-8-7-14-10-15(18)5-6-16(14)19/h5-6,10,13H,3-4,7-9,11-12H2,1-2H3,(H2,20,21,22). The van der Waals surface area contributed by atoms with Crippen molar-refractivity contribution in [1.82, 2.24) is 15.5 Å². The van der Waals surface area contributed by atoms with Crippen LogP contribution >= 0.6 is 0 Å². The number of halogens is 2. The summed E-state index contributed by atoms with van der Waals surface area (Å²) in [7, 11) is 3.86. The monoisotopic (exact) mass is 324 g/mol. The summed E-state index contributed by atoms with van der Waals surface area (Å²) in [5.74, 6) is 0.537. The number of piperidine rings is 1. The first kappa shape index (κ1) is 17.7. The van der Waals surface area contributed by atoms with Crippen LogP contribution in [-0.4, -0.2) is 51.1 Å². The maximum Gasteiger partial charge on any atom is 0.190 e. The maximum absolute atomic E-state index is 13.6. The molecule has 2 N–H and O–H groups in total. The van der Waals surface area contributed by atoms with Gasteiger partial charge in [-0.05, 0) is 62.5 Å². The molecule has 1 heterocycles. The van der Waals surface area contributed by atoms with Gasteiger partial charge in [-0.3, -0.25) is 4.99 Å². The van der Waals surface area contributed by atoms with E-state index in [0.29, 0.717) is 30.4 Å². The summed E-state index contributed by atoms with van der Waals surface area (Å²) in [6.07, 6.45) is 2.87. The van der Waals surface area contributed by atoms with E-state index in [4.69, 9.17) is 0 Å². The zero-order chi connectivity index (χ0) is 16.7. The summed E-state index contributed by atoms with van der Waals surface area (Å²) >= 11 is 0. The average Bonchev–Trinajstić information content (AvgIpc) is 2.54. The predicted octanol–water partition coefficient (Wildman–Crippen LogP) is 2.01. The number of nitrogens with one attached hydrogen (secondary N) is 2. The van der Waals surface area contributed by atoms with E-state index in [1.807, 2.05) is 0 Å². The molecule has 0 bridgehead atoms. The number of likely N-dealkylation sites (tertiary alicyclic amines) is 1. The number of hydrogen-bond donors (Lipinski definition) is 2. The van der Waals surface area contributed by atoms with Gasteiger partial charge in [-0.15, -0.1) is 0 Å². The summed E-state index contributed by atoms with van der Waals surface area (Å²) in [5.41, 5.74) is 0.377. The van der Waals surface area contributed by atoms with Crippen LogP contribution < -0.4 is 10.6 Å². The Labute approximate surface area is 137 Å². The van der Waals surface area contributed by atoms with Crippen LogP contribution in [0.25, 0.3) is 0 Å². The van der Waals surface area contributed by atoms with Gasteiger partial charge < -0.3 is 15.5 Å². The molecule has 1 aromatic rings. The highest BCUT2D eigenvalue weighted by molar-refractivity contribution is 5.79. The zero-order valence-electron chi connectivity index (χ0n) is 13.9. The normalized spacial score (nSPS) is 19.7. The van der Waals surface area contributed by atoms with Gasteiger partial charge in [0.15, 0.2) is 5.96 Å². The molecule has 2 rings (SSSR count). The Balaban J connectivity index is 1.73. The van der Waals surface area contributed by atoms with Crippen molar-refractivity contribution in [2.75, 3.05) is 40.3 Å². The van der Waals surface area contributed by atoms with Crippen LogP contribution in [0.5, 0.6) is 0 Å². The van der Waals surface area contributed by atoms with E-state index >= 15 is 0 Å².